The van der Waals surface area contributed by atoms with E-state index in [9.17, 15) is 15.3 Å². The molecule has 6 aromatic rings. The van der Waals surface area contributed by atoms with Gasteiger partial charge in [0.25, 0.3) is 0 Å². The minimum Gasteiger partial charge on any atom is -0.507 e. The molecule has 0 aliphatic heterocycles. The molecular formula is C37H28O3. The van der Waals surface area contributed by atoms with Crippen LogP contribution < -0.4 is 0 Å². The molecule has 0 aromatic heterocycles. The van der Waals surface area contributed by atoms with Gasteiger partial charge in [-0.15, -0.1) is 0 Å². The van der Waals surface area contributed by atoms with Gasteiger partial charge in [0.2, 0.25) is 0 Å². The Kier molecular flexibility index (Phi) is 6.78. The number of phenolic OH excluding ortho intramolecular Hbond substituents is 3. The summed E-state index contributed by atoms with van der Waals surface area (Å²) in [5.41, 5.74) is 6.44. The minimum atomic E-state index is -0.656. The first-order valence-electron chi connectivity index (χ1n) is 13.3. The number of hydrogen-bond acceptors (Lipinski definition) is 3. The molecule has 0 atom stereocenters. The highest BCUT2D eigenvalue weighted by Crippen LogP contribution is 2.49. The molecule has 0 unspecified atom stereocenters. The lowest BCUT2D eigenvalue weighted by molar-refractivity contribution is 0.453. The molecule has 0 fully saturated rings. The van der Waals surface area contributed by atoms with Crippen molar-refractivity contribution in [1.29, 1.82) is 0 Å². The molecule has 6 rings (SSSR count). The molecule has 0 saturated carbocycles. The van der Waals surface area contributed by atoms with E-state index in [1.54, 1.807) is 0 Å². The van der Waals surface area contributed by atoms with E-state index in [-0.39, 0.29) is 17.2 Å². The predicted octanol–water partition coefficient (Wildman–Crippen LogP) is 8.98. The Morgan fingerprint density at radius 3 is 0.850 bits per heavy atom. The van der Waals surface area contributed by atoms with Crippen molar-refractivity contribution in [3.63, 3.8) is 0 Å². The maximum absolute atomic E-state index is 11.7. The summed E-state index contributed by atoms with van der Waals surface area (Å²) in [6.07, 6.45) is 0. The van der Waals surface area contributed by atoms with Crippen LogP contribution in [0.3, 0.4) is 0 Å². The number of para-hydroxylation sites is 3. The molecule has 3 N–H and O–H groups in total. The van der Waals surface area contributed by atoms with Gasteiger partial charge in [0.1, 0.15) is 17.2 Å². The van der Waals surface area contributed by atoms with Crippen molar-refractivity contribution in [2.75, 3.05) is 0 Å². The number of benzene rings is 6. The van der Waals surface area contributed by atoms with Crippen molar-refractivity contribution in [3.8, 4) is 50.6 Å². The Morgan fingerprint density at radius 2 is 0.575 bits per heavy atom. The van der Waals surface area contributed by atoms with E-state index >= 15 is 0 Å². The summed E-state index contributed by atoms with van der Waals surface area (Å²) in [6.45, 7) is 0. The maximum atomic E-state index is 11.7. The van der Waals surface area contributed by atoms with E-state index in [2.05, 4.69) is 0 Å². The highest BCUT2D eigenvalue weighted by atomic mass is 16.3. The summed E-state index contributed by atoms with van der Waals surface area (Å²) in [4.78, 5) is 0. The van der Waals surface area contributed by atoms with Gasteiger partial charge in [0.05, 0.1) is 0 Å². The lowest BCUT2D eigenvalue weighted by atomic mass is 9.80. The quantitative estimate of drug-likeness (QED) is 0.192. The van der Waals surface area contributed by atoms with Gasteiger partial charge in [-0.1, -0.05) is 146 Å². The van der Waals surface area contributed by atoms with E-state index in [1.165, 1.54) is 0 Å². The summed E-state index contributed by atoms with van der Waals surface area (Å²) in [7, 11) is 0. The Morgan fingerprint density at radius 1 is 0.300 bits per heavy atom. The van der Waals surface area contributed by atoms with Gasteiger partial charge >= 0.3 is 0 Å². The third kappa shape index (κ3) is 4.59. The van der Waals surface area contributed by atoms with Crippen LogP contribution in [0.15, 0.2) is 146 Å². The largest absolute Gasteiger partial charge is 0.507 e. The van der Waals surface area contributed by atoms with Crippen molar-refractivity contribution in [3.05, 3.63) is 162 Å². The number of hydrogen-bond donors (Lipinski definition) is 3. The highest BCUT2D eigenvalue weighted by Gasteiger charge is 2.28. The zero-order chi connectivity index (χ0) is 27.5. The van der Waals surface area contributed by atoms with Crippen molar-refractivity contribution in [1.82, 2.24) is 0 Å². The van der Waals surface area contributed by atoms with Gasteiger partial charge in [-0.25, -0.2) is 0 Å². The first-order chi connectivity index (χ1) is 19.6. The van der Waals surface area contributed by atoms with E-state index in [4.69, 9.17) is 0 Å². The highest BCUT2D eigenvalue weighted by molar-refractivity contribution is 5.78. The van der Waals surface area contributed by atoms with Crippen molar-refractivity contribution < 1.29 is 15.3 Å². The van der Waals surface area contributed by atoms with E-state index < -0.39 is 5.92 Å². The molecule has 6 aromatic carbocycles. The summed E-state index contributed by atoms with van der Waals surface area (Å²) >= 11 is 0. The fraction of sp³-hybridized carbons (Fsp3) is 0.0270. The lowest BCUT2D eigenvalue weighted by Gasteiger charge is -2.25. The molecule has 40 heavy (non-hydrogen) atoms. The van der Waals surface area contributed by atoms with Crippen LogP contribution in [0.25, 0.3) is 33.4 Å². The molecule has 0 radical (unpaired) electrons. The van der Waals surface area contributed by atoms with E-state index in [1.807, 2.05) is 146 Å². The zero-order valence-electron chi connectivity index (χ0n) is 21.8. The SMILES string of the molecule is Oc1c(-c2ccccc2)cccc1C(c1cccc(-c2ccccc2)c1O)c1cccc(-c2ccccc2)c1O. The number of phenols is 3. The van der Waals surface area contributed by atoms with Crippen LogP contribution in [-0.4, -0.2) is 15.3 Å². The molecule has 0 spiro atoms. The molecule has 0 aliphatic rings. The summed E-state index contributed by atoms with van der Waals surface area (Å²) < 4.78 is 0. The average molecular weight is 521 g/mol. The third-order valence-corrected chi connectivity index (χ3v) is 7.39. The molecule has 3 heteroatoms. The Labute approximate surface area is 233 Å². The predicted molar refractivity (Wildman–Crippen MR) is 162 cm³/mol. The monoisotopic (exact) mass is 520 g/mol. The van der Waals surface area contributed by atoms with Gasteiger partial charge in [0, 0.05) is 39.3 Å². The molecular weight excluding hydrogens is 492 g/mol. The van der Waals surface area contributed by atoms with Crippen LogP contribution in [0.2, 0.25) is 0 Å². The van der Waals surface area contributed by atoms with Crippen LogP contribution in [0.4, 0.5) is 0 Å². The topological polar surface area (TPSA) is 60.7 Å². The summed E-state index contributed by atoms with van der Waals surface area (Å²) in [6, 6.07) is 46.1. The maximum Gasteiger partial charge on any atom is 0.127 e. The first kappa shape index (κ1) is 25.0. The van der Waals surface area contributed by atoms with Crippen LogP contribution >= 0.6 is 0 Å². The van der Waals surface area contributed by atoms with Crippen LogP contribution in [-0.2, 0) is 0 Å². The minimum absolute atomic E-state index is 0.104. The Bertz CT molecular complexity index is 1550. The summed E-state index contributed by atoms with van der Waals surface area (Å²) in [5, 5.41) is 35.2. The van der Waals surface area contributed by atoms with E-state index in [0.29, 0.717) is 33.4 Å². The van der Waals surface area contributed by atoms with Gasteiger partial charge in [-0.05, 0) is 16.7 Å². The molecule has 194 valence electrons. The van der Waals surface area contributed by atoms with Gasteiger partial charge in [0.15, 0.2) is 0 Å². The molecule has 0 heterocycles. The smallest absolute Gasteiger partial charge is 0.127 e. The standard InChI is InChI=1S/C37H28O3/c38-35-28(25-13-4-1-5-14-25)19-10-22-31(35)34(32-23-11-20-29(36(32)39)26-15-6-2-7-16-26)33-24-12-21-30(37(33)40)27-17-8-3-9-18-27/h1-24,34,38-40H. The average Bonchev–Trinajstić information content (AvgIpc) is 3.01. The van der Waals surface area contributed by atoms with Gasteiger partial charge in [-0.3, -0.25) is 0 Å². The van der Waals surface area contributed by atoms with Crippen LogP contribution in [0.1, 0.15) is 22.6 Å². The van der Waals surface area contributed by atoms with Gasteiger partial charge in [-0.2, -0.15) is 0 Å². The van der Waals surface area contributed by atoms with Crippen molar-refractivity contribution in [2.24, 2.45) is 0 Å². The molecule has 0 saturated heterocycles. The fourth-order valence-electron chi connectivity index (χ4n) is 5.44. The van der Waals surface area contributed by atoms with Crippen LogP contribution in [0, 0.1) is 0 Å². The normalized spacial score (nSPS) is 11.0. The summed E-state index contributed by atoms with van der Waals surface area (Å²) in [5.74, 6) is -0.343. The van der Waals surface area contributed by atoms with Crippen molar-refractivity contribution in [2.45, 2.75) is 5.92 Å². The second kappa shape index (κ2) is 10.8. The second-order valence-electron chi connectivity index (χ2n) is 9.76. The second-order valence-corrected chi connectivity index (χ2v) is 9.76. The molecule has 0 bridgehead atoms. The number of aromatic hydroxyl groups is 3. The Balaban J connectivity index is 1.61. The fourth-order valence-corrected chi connectivity index (χ4v) is 5.44. The first-order valence-corrected chi connectivity index (χ1v) is 13.3. The van der Waals surface area contributed by atoms with E-state index in [0.717, 1.165) is 16.7 Å². The van der Waals surface area contributed by atoms with Crippen molar-refractivity contribution >= 4 is 0 Å². The lowest BCUT2D eigenvalue weighted by Crippen LogP contribution is -2.06. The zero-order valence-corrected chi connectivity index (χ0v) is 21.8. The third-order valence-electron chi connectivity index (χ3n) is 7.39. The van der Waals surface area contributed by atoms with Gasteiger partial charge < -0.3 is 15.3 Å². The molecule has 0 amide bonds. The Hall–Kier alpha value is -5.28. The van der Waals surface area contributed by atoms with Crippen LogP contribution in [0.5, 0.6) is 17.2 Å². The number of rotatable bonds is 6. The molecule has 0 aliphatic carbocycles. The molecule has 3 nitrogen and oxygen atoms in total.